The van der Waals surface area contributed by atoms with Crippen LogP contribution in [0.2, 0.25) is 0 Å². The van der Waals surface area contributed by atoms with Gasteiger partial charge in [0.05, 0.1) is 0 Å². The Morgan fingerprint density at radius 3 is 0.747 bits per heavy atom. The Labute approximate surface area is 554 Å². The molecule has 18 aromatic carbocycles. The van der Waals surface area contributed by atoms with Crippen LogP contribution < -0.4 is 0 Å². The zero-order valence-corrected chi connectivity index (χ0v) is 54.4. The first-order valence-electron chi connectivity index (χ1n) is 33.0. The second-order valence-electron chi connectivity index (χ2n) is 26.2. The summed E-state index contributed by atoms with van der Waals surface area (Å²) in [6.07, 6.45) is 14.4. The van der Waals surface area contributed by atoms with E-state index in [4.69, 9.17) is 0 Å². The van der Waals surface area contributed by atoms with Gasteiger partial charge in [-0.1, -0.05) is 199 Å². The average Bonchev–Trinajstić information content (AvgIpc) is 1.23. The summed E-state index contributed by atoms with van der Waals surface area (Å²) in [7, 11) is 0. The van der Waals surface area contributed by atoms with E-state index in [1.54, 1.807) is 0 Å². The summed E-state index contributed by atoms with van der Waals surface area (Å²) < 4.78 is 0. The van der Waals surface area contributed by atoms with Gasteiger partial charge in [-0.25, -0.2) is 0 Å². The van der Waals surface area contributed by atoms with E-state index in [9.17, 15) is 0 Å². The van der Waals surface area contributed by atoms with E-state index in [0.29, 0.717) is 0 Å². The third kappa shape index (κ3) is 11.4. The second-order valence-corrected chi connectivity index (χ2v) is 26.2. The highest BCUT2D eigenvalue weighted by molar-refractivity contribution is 6.19. The number of allylic oxidation sites excluding steroid dienone is 12. The molecule has 0 bridgehead atoms. The van der Waals surface area contributed by atoms with Gasteiger partial charge in [0.15, 0.2) is 0 Å². The SMILES string of the molecule is C=C/C(C)=C/C(C)=C/C(C)=C/C(C)=C/C(=C)/C=C\C.c1ccc2cc3cc4cc5cc6cc7c(ccc8cc9ccccc9cc87)cc6cc5cc4cc3cc2c1.c1ccc2cc3cc4cc5cc6cc7cc8c(ccc9ccccc98)cc7cc6cc5cc4cc3cc2c1. The molecule has 18 rings (SSSR count). The molecule has 0 aliphatic rings. The topological polar surface area (TPSA) is 0 Å². The summed E-state index contributed by atoms with van der Waals surface area (Å²) in [4.78, 5) is 0. The molecule has 0 nitrogen and oxygen atoms in total. The first kappa shape index (κ1) is 58.4. The van der Waals surface area contributed by atoms with Crippen LogP contribution in [0.25, 0.3) is 172 Å². The average molecular weight is 1210 g/mol. The maximum Gasteiger partial charge on any atom is -0.00988 e. The molecule has 0 heterocycles. The zero-order chi connectivity index (χ0) is 64.4. The van der Waals surface area contributed by atoms with Crippen LogP contribution in [-0.2, 0) is 0 Å². The smallest absolute Gasteiger partial charge is 0.00988 e. The Morgan fingerprint density at radius 2 is 0.432 bits per heavy atom. The van der Waals surface area contributed by atoms with Crippen LogP contribution in [0.5, 0.6) is 0 Å². The van der Waals surface area contributed by atoms with Crippen molar-refractivity contribution < 1.29 is 0 Å². The van der Waals surface area contributed by atoms with E-state index < -0.39 is 0 Å². The Bertz CT molecular complexity index is 6340. The van der Waals surface area contributed by atoms with Crippen molar-refractivity contribution in [3.63, 3.8) is 0 Å². The molecule has 0 unspecified atom stereocenters. The fraction of sp³-hybridized carbons (Fsp3) is 0.0526. The lowest BCUT2D eigenvalue weighted by Crippen LogP contribution is -1.83. The molecule has 0 heteroatoms. The minimum atomic E-state index is 1.02. The molecule has 450 valence electrons. The summed E-state index contributed by atoms with van der Waals surface area (Å²) in [5.74, 6) is 0. The molecule has 0 aliphatic heterocycles. The Kier molecular flexibility index (Phi) is 14.8. The molecule has 0 radical (unpaired) electrons. The Morgan fingerprint density at radius 1 is 0.221 bits per heavy atom. The van der Waals surface area contributed by atoms with Gasteiger partial charge in [0.25, 0.3) is 0 Å². The van der Waals surface area contributed by atoms with Gasteiger partial charge in [-0.15, -0.1) is 0 Å². The summed E-state index contributed by atoms with van der Waals surface area (Å²) in [5.41, 5.74) is 5.86. The minimum absolute atomic E-state index is 1.02. The molecule has 0 spiro atoms. The Hall–Kier alpha value is -11.7. The van der Waals surface area contributed by atoms with E-state index in [1.165, 1.54) is 195 Å². The standard InChI is InChI=1S/2C38H22.C19H26/c1-2-7-25-13-30-16-33-19-35-20-36-22-38-28(10-9-27-11-23-5-3-4-8-26(23)21-37(27)38)14-31(36)17-34(35)18-32(33)15-29(30)12-24(25)6-1;1-2-7-25-12-28-15-31-18-34-20-35-21-36-22-38-26(10-9-23-5-3-4-8-37(23)38)13-29(36)16-32(35)19-33(34)17-30(31)14-27(28)11-24(25)6-1;1-8-10-16(4)12-18(6)14-19(7)13-17(5)11-15(3)9-2/h2*1-22H;8-14H,2,4H2,1,3,5-7H3/b;;10-8-,15-11+,17-13+,18-12+,19-14+. The van der Waals surface area contributed by atoms with Crippen molar-refractivity contribution in [1.29, 1.82) is 0 Å². The van der Waals surface area contributed by atoms with Crippen molar-refractivity contribution in [1.82, 2.24) is 0 Å². The molecular weight excluding hydrogens is 1140 g/mol. The van der Waals surface area contributed by atoms with Gasteiger partial charge in [0, 0.05) is 0 Å². The summed E-state index contributed by atoms with van der Waals surface area (Å²) in [5, 5.41) is 41.4. The highest BCUT2D eigenvalue weighted by Crippen LogP contribution is 2.39. The lowest BCUT2D eigenvalue weighted by Gasteiger charge is -2.11. The number of hydrogen-bond acceptors (Lipinski definition) is 0. The lowest BCUT2D eigenvalue weighted by molar-refractivity contribution is 1.37. The van der Waals surface area contributed by atoms with Crippen LogP contribution in [-0.4, -0.2) is 0 Å². The number of rotatable bonds is 6. The predicted octanol–water partition coefficient (Wildman–Crippen LogP) is 27.9. The van der Waals surface area contributed by atoms with Crippen molar-refractivity contribution >= 4 is 172 Å². The number of hydrogen-bond donors (Lipinski definition) is 0. The molecule has 95 heavy (non-hydrogen) atoms. The molecule has 0 saturated carbocycles. The fourth-order valence-corrected chi connectivity index (χ4v) is 14.7. The molecule has 0 aromatic heterocycles. The van der Waals surface area contributed by atoms with Crippen LogP contribution >= 0.6 is 0 Å². The first-order chi connectivity index (χ1) is 46.4. The molecule has 18 aromatic rings. The van der Waals surface area contributed by atoms with Gasteiger partial charge in [0.1, 0.15) is 0 Å². The van der Waals surface area contributed by atoms with E-state index in [2.05, 4.69) is 332 Å². The summed E-state index contributed by atoms with van der Waals surface area (Å²) >= 11 is 0. The van der Waals surface area contributed by atoms with E-state index in [1.807, 2.05) is 25.2 Å². The van der Waals surface area contributed by atoms with Gasteiger partial charge in [-0.3, -0.25) is 0 Å². The molecule has 0 amide bonds. The second kappa shape index (κ2) is 24.1. The monoisotopic (exact) mass is 1210 g/mol. The highest BCUT2D eigenvalue weighted by atomic mass is 14.2. The fourth-order valence-electron chi connectivity index (χ4n) is 14.7. The van der Waals surface area contributed by atoms with Gasteiger partial charge < -0.3 is 0 Å². The van der Waals surface area contributed by atoms with Crippen LogP contribution in [0.15, 0.2) is 350 Å². The van der Waals surface area contributed by atoms with E-state index >= 15 is 0 Å². The third-order valence-corrected chi connectivity index (χ3v) is 19.3. The van der Waals surface area contributed by atoms with Crippen LogP contribution in [0.3, 0.4) is 0 Å². The van der Waals surface area contributed by atoms with Crippen LogP contribution in [0, 0.1) is 0 Å². The van der Waals surface area contributed by atoms with Gasteiger partial charge in [-0.05, 0) is 358 Å². The predicted molar refractivity (Wildman–Crippen MR) is 422 cm³/mol. The normalized spacial score (nSPS) is 12.8. The first-order valence-corrected chi connectivity index (χ1v) is 33.0. The van der Waals surface area contributed by atoms with Crippen molar-refractivity contribution in [2.24, 2.45) is 0 Å². The van der Waals surface area contributed by atoms with Gasteiger partial charge in [0.2, 0.25) is 0 Å². The highest BCUT2D eigenvalue weighted by Gasteiger charge is 2.12. The number of benzene rings is 18. The van der Waals surface area contributed by atoms with E-state index in [0.717, 1.165) is 5.57 Å². The zero-order valence-electron chi connectivity index (χ0n) is 54.4. The van der Waals surface area contributed by atoms with Gasteiger partial charge >= 0.3 is 0 Å². The van der Waals surface area contributed by atoms with Crippen LogP contribution in [0.1, 0.15) is 34.6 Å². The largest absolute Gasteiger partial charge is 0.0988 e. The van der Waals surface area contributed by atoms with E-state index in [-0.39, 0.29) is 0 Å². The maximum atomic E-state index is 3.97. The van der Waals surface area contributed by atoms with Crippen molar-refractivity contribution in [3.05, 3.63) is 350 Å². The Balaban J connectivity index is 0.000000120. The quantitative estimate of drug-likeness (QED) is 0.0884. The molecule has 0 N–H and O–H groups in total. The molecule has 0 saturated heterocycles. The summed E-state index contributed by atoms with van der Waals surface area (Å²) in [6, 6.07) is 99.9. The van der Waals surface area contributed by atoms with Crippen molar-refractivity contribution in [2.75, 3.05) is 0 Å². The van der Waals surface area contributed by atoms with Crippen molar-refractivity contribution in [3.8, 4) is 0 Å². The number of fused-ring (bicyclic) bond motifs is 18. The van der Waals surface area contributed by atoms with Crippen LogP contribution in [0.4, 0.5) is 0 Å². The molecule has 0 fully saturated rings. The molecule has 0 atom stereocenters. The maximum absolute atomic E-state index is 3.97. The van der Waals surface area contributed by atoms with Gasteiger partial charge in [-0.2, -0.15) is 0 Å². The van der Waals surface area contributed by atoms with Crippen molar-refractivity contribution in [2.45, 2.75) is 34.6 Å². The minimum Gasteiger partial charge on any atom is -0.0988 e. The lowest BCUT2D eigenvalue weighted by atomic mass is 9.93. The molecule has 0 aliphatic carbocycles. The molecular formula is C95H70. The third-order valence-electron chi connectivity index (χ3n) is 19.3. The summed E-state index contributed by atoms with van der Waals surface area (Å²) in [6.45, 7) is 18.1.